The van der Waals surface area contributed by atoms with E-state index in [2.05, 4.69) is 33.2 Å². The molecule has 0 aliphatic heterocycles. The van der Waals surface area contributed by atoms with Crippen LogP contribution in [-0.4, -0.2) is 11.8 Å². The molecule has 2 rings (SSSR count). The van der Waals surface area contributed by atoms with Crippen LogP contribution in [0.5, 0.6) is 0 Å². The second-order valence-corrected chi connectivity index (χ2v) is 7.12. The van der Waals surface area contributed by atoms with E-state index in [1.165, 1.54) is 6.92 Å². The average molecular weight is 436 g/mol. The Balaban J connectivity index is 2.12. The first kappa shape index (κ1) is 18.4. The molecule has 0 radical (unpaired) electrons. The summed E-state index contributed by atoms with van der Waals surface area (Å²) in [6, 6.07) is 13.4. The number of carbonyl (C=O) groups excluding carboxylic acids is 2. The lowest BCUT2D eigenvalue weighted by Crippen LogP contribution is -2.29. The van der Waals surface area contributed by atoms with Crippen molar-refractivity contribution in [1.82, 2.24) is 5.32 Å². The van der Waals surface area contributed by atoms with Crippen LogP contribution in [0.25, 0.3) is 0 Å². The summed E-state index contributed by atoms with van der Waals surface area (Å²) in [5, 5.41) is 5.78. The highest BCUT2D eigenvalue weighted by atomic mass is 127. The van der Waals surface area contributed by atoms with Gasteiger partial charge in [-0.15, -0.1) is 0 Å². The van der Waals surface area contributed by atoms with Crippen molar-refractivity contribution in [1.29, 1.82) is 0 Å². The highest BCUT2D eigenvalue weighted by Gasteiger charge is 2.17. The number of nitrogens with one attached hydrogen (secondary N) is 2. The molecule has 2 N–H and O–H groups in total. The zero-order valence-corrected chi connectivity index (χ0v) is 16.2. The summed E-state index contributed by atoms with van der Waals surface area (Å²) in [6.45, 7) is 5.43. The first-order valence-electron chi connectivity index (χ1n) is 7.75. The lowest BCUT2D eigenvalue weighted by molar-refractivity contribution is -0.120. The summed E-state index contributed by atoms with van der Waals surface area (Å²) in [5.74, 6) is -0.280. The number of aryl methyl sites for hydroxylation is 2. The Bertz CT molecular complexity index is 742. The molecule has 0 bridgehead atoms. The Morgan fingerprint density at radius 1 is 1.08 bits per heavy atom. The molecular formula is C19H21IN2O2. The molecule has 0 heterocycles. The van der Waals surface area contributed by atoms with Crippen LogP contribution in [0, 0.1) is 17.4 Å². The SMILES string of the molecule is CC(=O)NC(CC(=O)Nc1ccc(I)cc1C)c1ccc(C)cc1. The number of hydrogen-bond acceptors (Lipinski definition) is 2. The second kappa shape index (κ2) is 8.28. The maximum absolute atomic E-state index is 12.4. The third-order valence-electron chi connectivity index (χ3n) is 3.71. The van der Waals surface area contributed by atoms with Gasteiger partial charge in [0.15, 0.2) is 0 Å². The zero-order valence-electron chi connectivity index (χ0n) is 14.0. The Kier molecular flexibility index (Phi) is 6.36. The summed E-state index contributed by atoms with van der Waals surface area (Å²) in [5.41, 5.74) is 3.87. The van der Waals surface area contributed by atoms with Gasteiger partial charge in [0, 0.05) is 16.2 Å². The highest BCUT2D eigenvalue weighted by molar-refractivity contribution is 14.1. The van der Waals surface area contributed by atoms with Crippen LogP contribution in [-0.2, 0) is 9.59 Å². The van der Waals surface area contributed by atoms with Gasteiger partial charge in [-0.25, -0.2) is 0 Å². The van der Waals surface area contributed by atoms with E-state index >= 15 is 0 Å². The van der Waals surface area contributed by atoms with Crippen molar-refractivity contribution in [3.63, 3.8) is 0 Å². The van der Waals surface area contributed by atoms with Crippen molar-refractivity contribution in [3.05, 3.63) is 62.7 Å². The summed E-state index contributed by atoms with van der Waals surface area (Å²) in [4.78, 5) is 23.9. The van der Waals surface area contributed by atoms with Gasteiger partial charge in [0.1, 0.15) is 0 Å². The molecule has 0 aliphatic rings. The highest BCUT2D eigenvalue weighted by Crippen LogP contribution is 2.21. The molecule has 126 valence electrons. The maximum atomic E-state index is 12.4. The van der Waals surface area contributed by atoms with E-state index in [9.17, 15) is 9.59 Å². The van der Waals surface area contributed by atoms with E-state index in [4.69, 9.17) is 0 Å². The molecule has 0 saturated heterocycles. The van der Waals surface area contributed by atoms with E-state index < -0.39 is 0 Å². The standard InChI is InChI=1S/C19H21IN2O2/c1-12-4-6-15(7-5-12)18(21-14(3)23)11-19(24)22-17-9-8-16(20)10-13(17)2/h4-10,18H,11H2,1-3H3,(H,21,23)(H,22,24). The van der Waals surface area contributed by atoms with Gasteiger partial charge in [-0.1, -0.05) is 29.8 Å². The van der Waals surface area contributed by atoms with Gasteiger partial charge in [0.2, 0.25) is 11.8 Å². The number of rotatable bonds is 5. The van der Waals surface area contributed by atoms with Crippen LogP contribution in [0.1, 0.15) is 36.1 Å². The van der Waals surface area contributed by atoms with E-state index in [1.807, 2.05) is 56.3 Å². The monoisotopic (exact) mass is 436 g/mol. The molecule has 0 fully saturated rings. The predicted molar refractivity (Wildman–Crippen MR) is 105 cm³/mol. The lowest BCUT2D eigenvalue weighted by Gasteiger charge is -2.19. The molecule has 0 saturated carbocycles. The Labute approximate surface area is 156 Å². The van der Waals surface area contributed by atoms with Gasteiger partial charge in [0.05, 0.1) is 12.5 Å². The molecule has 2 aromatic rings. The van der Waals surface area contributed by atoms with Gasteiger partial charge in [0.25, 0.3) is 0 Å². The minimum atomic E-state index is -0.341. The molecule has 1 unspecified atom stereocenters. The summed E-state index contributed by atoms with van der Waals surface area (Å²) in [6.07, 6.45) is 0.189. The van der Waals surface area contributed by atoms with Crippen LogP contribution < -0.4 is 10.6 Å². The molecule has 0 aromatic heterocycles. The summed E-state index contributed by atoms with van der Waals surface area (Å²) in [7, 11) is 0. The number of anilines is 1. The number of hydrogen-bond donors (Lipinski definition) is 2. The van der Waals surface area contributed by atoms with Crippen molar-refractivity contribution in [3.8, 4) is 0 Å². The third-order valence-corrected chi connectivity index (χ3v) is 4.38. The quantitative estimate of drug-likeness (QED) is 0.694. The third kappa shape index (κ3) is 5.33. The van der Waals surface area contributed by atoms with Crippen molar-refractivity contribution in [2.45, 2.75) is 33.2 Å². The molecule has 4 nitrogen and oxygen atoms in total. The fourth-order valence-corrected chi connectivity index (χ4v) is 3.10. The Morgan fingerprint density at radius 3 is 2.33 bits per heavy atom. The van der Waals surface area contributed by atoms with Crippen LogP contribution in [0.3, 0.4) is 0 Å². The first-order chi connectivity index (χ1) is 11.3. The summed E-state index contributed by atoms with van der Waals surface area (Å²) < 4.78 is 1.12. The van der Waals surface area contributed by atoms with E-state index in [0.717, 1.165) is 25.9 Å². The average Bonchev–Trinajstić information content (AvgIpc) is 2.50. The molecule has 24 heavy (non-hydrogen) atoms. The van der Waals surface area contributed by atoms with Crippen molar-refractivity contribution in [2.75, 3.05) is 5.32 Å². The molecule has 2 aromatic carbocycles. The van der Waals surface area contributed by atoms with Crippen LogP contribution >= 0.6 is 22.6 Å². The number of carbonyl (C=O) groups is 2. The molecule has 0 aliphatic carbocycles. The minimum absolute atomic E-state index is 0.126. The van der Waals surface area contributed by atoms with Gasteiger partial charge in [-0.3, -0.25) is 9.59 Å². The molecule has 1 atom stereocenters. The van der Waals surface area contributed by atoms with Gasteiger partial charge >= 0.3 is 0 Å². The van der Waals surface area contributed by atoms with Gasteiger partial charge in [-0.2, -0.15) is 0 Å². The van der Waals surface area contributed by atoms with E-state index in [1.54, 1.807) is 0 Å². The lowest BCUT2D eigenvalue weighted by atomic mass is 10.0. The largest absolute Gasteiger partial charge is 0.349 e. The normalized spacial score (nSPS) is 11.7. The van der Waals surface area contributed by atoms with Gasteiger partial charge in [-0.05, 0) is 65.8 Å². The van der Waals surface area contributed by atoms with Crippen molar-refractivity contribution in [2.24, 2.45) is 0 Å². The molecular weight excluding hydrogens is 415 g/mol. The first-order valence-corrected chi connectivity index (χ1v) is 8.82. The predicted octanol–water partition coefficient (Wildman–Crippen LogP) is 4.11. The number of amides is 2. The molecule has 5 heteroatoms. The fraction of sp³-hybridized carbons (Fsp3) is 0.263. The van der Waals surface area contributed by atoms with Crippen LogP contribution in [0.2, 0.25) is 0 Å². The van der Waals surface area contributed by atoms with Gasteiger partial charge < -0.3 is 10.6 Å². The van der Waals surface area contributed by atoms with E-state index in [0.29, 0.717) is 0 Å². The van der Waals surface area contributed by atoms with Crippen molar-refractivity contribution >= 4 is 40.1 Å². The summed E-state index contributed by atoms with van der Waals surface area (Å²) >= 11 is 2.24. The zero-order chi connectivity index (χ0) is 17.7. The Hall–Kier alpha value is -1.89. The van der Waals surface area contributed by atoms with E-state index in [-0.39, 0.29) is 24.3 Å². The van der Waals surface area contributed by atoms with Crippen LogP contribution in [0.15, 0.2) is 42.5 Å². The van der Waals surface area contributed by atoms with Crippen molar-refractivity contribution < 1.29 is 9.59 Å². The van der Waals surface area contributed by atoms with Crippen LogP contribution in [0.4, 0.5) is 5.69 Å². The Morgan fingerprint density at radius 2 is 1.75 bits per heavy atom. The smallest absolute Gasteiger partial charge is 0.226 e. The fourth-order valence-electron chi connectivity index (χ4n) is 2.45. The number of benzene rings is 2. The number of halogens is 1. The maximum Gasteiger partial charge on any atom is 0.226 e. The second-order valence-electron chi connectivity index (χ2n) is 5.88. The molecule has 2 amide bonds. The topological polar surface area (TPSA) is 58.2 Å². The minimum Gasteiger partial charge on any atom is -0.349 e. The molecule has 0 spiro atoms.